The maximum Gasteiger partial charge on any atom is 0.387 e. The van der Waals surface area contributed by atoms with Crippen molar-refractivity contribution in [1.82, 2.24) is 0 Å². The average molecular weight is 292 g/mol. The number of unbranched alkanes of at least 4 members (excludes halogenated alkanes) is 1. The van der Waals surface area contributed by atoms with Gasteiger partial charge in [0.25, 0.3) is 0 Å². The zero-order chi connectivity index (χ0) is 15.1. The summed E-state index contributed by atoms with van der Waals surface area (Å²) in [7, 11) is 0. The van der Waals surface area contributed by atoms with E-state index in [9.17, 15) is 13.2 Å². The molecule has 0 saturated heterocycles. The predicted octanol–water partition coefficient (Wildman–Crippen LogP) is 2.61. The molecule has 3 N–H and O–H groups in total. The number of benzene rings is 1. The first-order valence-electron chi connectivity index (χ1n) is 6.39. The van der Waals surface area contributed by atoms with Gasteiger partial charge in [-0.1, -0.05) is 13.3 Å². The van der Waals surface area contributed by atoms with Crippen LogP contribution in [0.2, 0.25) is 0 Å². The summed E-state index contributed by atoms with van der Waals surface area (Å²) >= 11 is 0. The molecule has 1 aromatic rings. The van der Waals surface area contributed by atoms with Gasteiger partial charge in [-0.25, -0.2) is 4.39 Å². The molecule has 0 bridgehead atoms. The van der Waals surface area contributed by atoms with Crippen molar-refractivity contribution < 1.29 is 23.0 Å². The highest BCUT2D eigenvalue weighted by atomic mass is 19.3. The predicted molar refractivity (Wildman–Crippen MR) is 71.7 cm³/mol. The van der Waals surface area contributed by atoms with E-state index in [4.69, 9.17) is 10.8 Å². The van der Waals surface area contributed by atoms with Gasteiger partial charge in [-0.15, -0.1) is 0 Å². The second-order valence-corrected chi connectivity index (χ2v) is 4.28. The van der Waals surface area contributed by atoms with Crippen LogP contribution in [0, 0.1) is 5.82 Å². The number of nitrogen functional groups attached to an aromatic ring is 1. The van der Waals surface area contributed by atoms with Gasteiger partial charge < -0.3 is 20.5 Å². The summed E-state index contributed by atoms with van der Waals surface area (Å²) in [5, 5.41) is 9.05. The highest BCUT2D eigenvalue weighted by Crippen LogP contribution is 2.32. The monoisotopic (exact) mass is 292 g/mol. The molecule has 0 aromatic heterocycles. The number of nitrogens with two attached hydrogens (primary N) is 1. The van der Waals surface area contributed by atoms with Gasteiger partial charge in [-0.3, -0.25) is 0 Å². The third-order valence-electron chi connectivity index (χ3n) is 2.79. The summed E-state index contributed by atoms with van der Waals surface area (Å²) < 4.78 is 42.0. The van der Waals surface area contributed by atoms with Crippen molar-refractivity contribution in [3.05, 3.63) is 17.9 Å². The smallest absolute Gasteiger partial charge is 0.387 e. The van der Waals surface area contributed by atoms with E-state index in [0.29, 0.717) is 12.2 Å². The SMILES string of the molecule is CCCCN(CCO)c1cc(OC(F)F)c(F)cc1N. The van der Waals surface area contributed by atoms with E-state index in [1.54, 1.807) is 4.90 Å². The van der Waals surface area contributed by atoms with E-state index in [1.807, 2.05) is 6.92 Å². The van der Waals surface area contributed by atoms with Gasteiger partial charge in [0.05, 0.1) is 18.0 Å². The quantitative estimate of drug-likeness (QED) is 0.723. The maximum atomic E-state index is 13.5. The fourth-order valence-electron chi connectivity index (χ4n) is 1.84. The zero-order valence-corrected chi connectivity index (χ0v) is 11.3. The Labute approximate surface area is 115 Å². The first kappa shape index (κ1) is 16.4. The lowest BCUT2D eigenvalue weighted by atomic mass is 10.2. The minimum absolute atomic E-state index is 0.119. The summed E-state index contributed by atoms with van der Waals surface area (Å²) in [4.78, 5) is 1.72. The lowest BCUT2D eigenvalue weighted by molar-refractivity contribution is -0.0521. The van der Waals surface area contributed by atoms with E-state index in [0.717, 1.165) is 25.0 Å². The molecular weight excluding hydrogens is 273 g/mol. The van der Waals surface area contributed by atoms with Gasteiger partial charge in [-0.2, -0.15) is 8.78 Å². The van der Waals surface area contributed by atoms with Crippen LogP contribution in [-0.2, 0) is 0 Å². The molecular formula is C13H19F3N2O2. The number of alkyl halides is 2. The van der Waals surface area contributed by atoms with Crippen LogP contribution in [0.4, 0.5) is 24.5 Å². The molecule has 4 nitrogen and oxygen atoms in total. The molecule has 0 saturated carbocycles. The van der Waals surface area contributed by atoms with Gasteiger partial charge in [0, 0.05) is 25.2 Å². The third kappa shape index (κ3) is 4.48. The third-order valence-corrected chi connectivity index (χ3v) is 2.79. The Hall–Kier alpha value is -1.63. The topological polar surface area (TPSA) is 58.7 Å². The van der Waals surface area contributed by atoms with E-state index in [2.05, 4.69) is 4.74 Å². The van der Waals surface area contributed by atoms with Crippen LogP contribution in [0.5, 0.6) is 5.75 Å². The van der Waals surface area contributed by atoms with E-state index in [-0.39, 0.29) is 18.8 Å². The minimum Gasteiger partial charge on any atom is -0.432 e. The molecule has 0 aliphatic heterocycles. The number of anilines is 2. The van der Waals surface area contributed by atoms with Crippen LogP contribution in [0.15, 0.2) is 12.1 Å². The number of rotatable bonds is 8. The van der Waals surface area contributed by atoms with Crippen LogP contribution in [0.1, 0.15) is 19.8 Å². The number of ether oxygens (including phenoxy) is 1. The Balaban J connectivity index is 3.05. The number of aliphatic hydroxyl groups excluding tert-OH is 1. The van der Waals surface area contributed by atoms with E-state index < -0.39 is 18.2 Å². The van der Waals surface area contributed by atoms with Gasteiger partial charge >= 0.3 is 6.61 Å². The van der Waals surface area contributed by atoms with Gasteiger partial charge in [0.15, 0.2) is 11.6 Å². The molecule has 0 amide bonds. The summed E-state index contributed by atoms with van der Waals surface area (Å²) in [6.07, 6.45) is 1.76. The Kier molecular flexibility index (Phi) is 6.44. The number of nitrogens with zero attached hydrogens (tertiary/aromatic N) is 1. The fourth-order valence-corrected chi connectivity index (χ4v) is 1.84. The molecule has 7 heteroatoms. The normalized spacial score (nSPS) is 10.9. The molecule has 0 heterocycles. The largest absolute Gasteiger partial charge is 0.432 e. The van der Waals surface area contributed by atoms with Crippen LogP contribution in [0.3, 0.4) is 0 Å². The Bertz CT molecular complexity index is 430. The standard InChI is InChI=1S/C13H19F3N2O2/c1-2-3-4-18(5-6-19)11-8-12(20-13(15)16)9(14)7-10(11)17/h7-8,13,19H,2-6,17H2,1H3. The van der Waals surface area contributed by atoms with E-state index >= 15 is 0 Å². The van der Waals surface area contributed by atoms with Crippen molar-refractivity contribution in [2.75, 3.05) is 30.3 Å². The summed E-state index contributed by atoms with van der Waals surface area (Å²) in [5.74, 6) is -1.49. The van der Waals surface area contributed by atoms with Crippen molar-refractivity contribution in [3.63, 3.8) is 0 Å². The van der Waals surface area contributed by atoms with Crippen LogP contribution < -0.4 is 15.4 Å². The summed E-state index contributed by atoms with van der Waals surface area (Å²) in [5.41, 5.74) is 6.22. The molecule has 0 aliphatic carbocycles. The second-order valence-electron chi connectivity index (χ2n) is 4.28. The van der Waals surface area contributed by atoms with E-state index in [1.165, 1.54) is 0 Å². The zero-order valence-electron chi connectivity index (χ0n) is 11.3. The van der Waals surface area contributed by atoms with Crippen LogP contribution >= 0.6 is 0 Å². The van der Waals surface area contributed by atoms with Gasteiger partial charge in [0.2, 0.25) is 0 Å². The molecule has 0 unspecified atom stereocenters. The molecule has 114 valence electrons. The fraction of sp³-hybridized carbons (Fsp3) is 0.538. The first-order valence-corrected chi connectivity index (χ1v) is 6.39. The second kappa shape index (κ2) is 7.84. The van der Waals surface area contributed by atoms with Crippen LogP contribution in [0.25, 0.3) is 0 Å². The number of hydrogen-bond donors (Lipinski definition) is 2. The highest BCUT2D eigenvalue weighted by Gasteiger charge is 2.16. The molecule has 1 rings (SSSR count). The molecule has 0 spiro atoms. The Morgan fingerprint density at radius 3 is 2.60 bits per heavy atom. The number of halogens is 3. The van der Waals surface area contributed by atoms with Gasteiger partial charge in [-0.05, 0) is 6.42 Å². The minimum atomic E-state index is -3.11. The number of aliphatic hydroxyl groups is 1. The maximum absolute atomic E-state index is 13.5. The van der Waals surface area contributed by atoms with Crippen molar-refractivity contribution in [2.45, 2.75) is 26.4 Å². The lowest BCUT2D eigenvalue weighted by Crippen LogP contribution is -2.28. The first-order chi connectivity index (χ1) is 9.49. The molecule has 0 radical (unpaired) electrons. The molecule has 0 aliphatic rings. The van der Waals surface area contributed by atoms with Crippen LogP contribution in [-0.4, -0.2) is 31.4 Å². The number of hydrogen-bond acceptors (Lipinski definition) is 4. The van der Waals surface area contributed by atoms with Gasteiger partial charge in [0.1, 0.15) is 0 Å². The molecule has 0 fully saturated rings. The lowest BCUT2D eigenvalue weighted by Gasteiger charge is -2.26. The summed E-state index contributed by atoms with van der Waals surface area (Å²) in [6.45, 7) is -0.365. The Morgan fingerprint density at radius 1 is 1.35 bits per heavy atom. The van der Waals surface area contributed by atoms with Crippen molar-refractivity contribution in [3.8, 4) is 5.75 Å². The van der Waals surface area contributed by atoms with Crippen molar-refractivity contribution in [2.24, 2.45) is 0 Å². The Morgan fingerprint density at radius 2 is 2.05 bits per heavy atom. The van der Waals surface area contributed by atoms with Crippen molar-refractivity contribution in [1.29, 1.82) is 0 Å². The highest BCUT2D eigenvalue weighted by molar-refractivity contribution is 5.70. The molecule has 1 aromatic carbocycles. The molecule has 0 atom stereocenters. The van der Waals surface area contributed by atoms with Crippen molar-refractivity contribution >= 4 is 11.4 Å². The molecule has 20 heavy (non-hydrogen) atoms. The summed E-state index contributed by atoms with van der Waals surface area (Å²) in [6, 6.07) is 2.09. The average Bonchev–Trinajstić information content (AvgIpc) is 2.37.